The monoisotopic (exact) mass is 398 g/mol. The second kappa shape index (κ2) is 10.2. The van der Waals surface area contributed by atoms with Crippen molar-refractivity contribution >= 4 is 0 Å². The standard InChI is InChI=1S/C24H34N2O3/c1-18-23(29-14-8-7-12-25-13-11-24(2,3)27)21-17-28-16-20(21)22(26-18)15-19-9-5-4-6-10-19/h4-6,9-10,25,27H,7-8,11-17H2,1-3H3. The van der Waals surface area contributed by atoms with E-state index in [2.05, 4.69) is 29.6 Å². The van der Waals surface area contributed by atoms with Crippen LogP contribution in [0.5, 0.6) is 5.75 Å². The Kier molecular flexibility index (Phi) is 7.64. The molecule has 0 saturated heterocycles. The lowest BCUT2D eigenvalue weighted by Gasteiger charge is -2.17. The van der Waals surface area contributed by atoms with E-state index in [0.717, 1.165) is 55.9 Å². The van der Waals surface area contributed by atoms with E-state index in [1.165, 1.54) is 16.7 Å². The minimum Gasteiger partial charge on any atom is -0.491 e. The minimum atomic E-state index is -0.601. The Morgan fingerprint density at radius 3 is 2.62 bits per heavy atom. The summed E-state index contributed by atoms with van der Waals surface area (Å²) in [5.74, 6) is 0.907. The first-order chi connectivity index (χ1) is 13.9. The van der Waals surface area contributed by atoms with Crippen LogP contribution in [-0.4, -0.2) is 35.4 Å². The van der Waals surface area contributed by atoms with E-state index in [1.807, 2.05) is 26.8 Å². The third-order valence-corrected chi connectivity index (χ3v) is 5.23. The molecule has 0 radical (unpaired) electrons. The average molecular weight is 399 g/mol. The maximum atomic E-state index is 9.71. The fraction of sp³-hybridized carbons (Fsp3) is 0.542. The predicted molar refractivity (Wildman–Crippen MR) is 115 cm³/mol. The second-order valence-electron chi connectivity index (χ2n) is 8.45. The van der Waals surface area contributed by atoms with E-state index in [1.54, 1.807) is 0 Å². The molecule has 1 aromatic carbocycles. The summed E-state index contributed by atoms with van der Waals surface area (Å²) in [4.78, 5) is 4.86. The van der Waals surface area contributed by atoms with Crippen LogP contribution in [0.1, 0.15) is 61.2 Å². The zero-order chi connectivity index (χ0) is 20.7. The maximum Gasteiger partial charge on any atom is 0.146 e. The van der Waals surface area contributed by atoms with Crippen molar-refractivity contribution in [2.75, 3.05) is 19.7 Å². The first-order valence-electron chi connectivity index (χ1n) is 10.6. The van der Waals surface area contributed by atoms with Gasteiger partial charge < -0.3 is 19.9 Å². The molecule has 5 heteroatoms. The molecule has 3 rings (SSSR count). The molecule has 1 aliphatic rings. The molecule has 29 heavy (non-hydrogen) atoms. The van der Waals surface area contributed by atoms with Crippen LogP contribution in [0.2, 0.25) is 0 Å². The van der Waals surface area contributed by atoms with Crippen molar-refractivity contribution in [1.29, 1.82) is 0 Å². The van der Waals surface area contributed by atoms with Gasteiger partial charge in [0.05, 0.1) is 36.8 Å². The summed E-state index contributed by atoms with van der Waals surface area (Å²) < 4.78 is 11.9. The van der Waals surface area contributed by atoms with Gasteiger partial charge in [-0.2, -0.15) is 0 Å². The Bertz CT molecular complexity index is 785. The van der Waals surface area contributed by atoms with Gasteiger partial charge in [0, 0.05) is 17.5 Å². The molecule has 0 atom stereocenters. The molecule has 0 bridgehead atoms. The van der Waals surface area contributed by atoms with E-state index >= 15 is 0 Å². The smallest absolute Gasteiger partial charge is 0.146 e. The number of benzene rings is 1. The van der Waals surface area contributed by atoms with Gasteiger partial charge >= 0.3 is 0 Å². The number of nitrogens with zero attached hydrogens (tertiary/aromatic N) is 1. The molecule has 1 aliphatic heterocycles. The highest BCUT2D eigenvalue weighted by atomic mass is 16.5. The maximum absolute atomic E-state index is 9.71. The lowest BCUT2D eigenvalue weighted by atomic mass is 10.0. The SMILES string of the molecule is Cc1nc(Cc2ccccc2)c2c(c1OCCCCNCCC(C)(C)O)COC2. The number of aromatic nitrogens is 1. The predicted octanol–water partition coefficient (Wildman–Crippen LogP) is 3.92. The van der Waals surface area contributed by atoms with Crippen molar-refractivity contribution in [2.45, 2.75) is 65.3 Å². The molecule has 158 valence electrons. The highest BCUT2D eigenvalue weighted by Gasteiger charge is 2.23. The molecule has 0 spiro atoms. The summed E-state index contributed by atoms with van der Waals surface area (Å²) in [6.07, 6.45) is 3.61. The van der Waals surface area contributed by atoms with Crippen LogP contribution in [0.3, 0.4) is 0 Å². The number of ether oxygens (including phenoxy) is 2. The number of unbranched alkanes of at least 4 members (excludes halogenated alkanes) is 1. The van der Waals surface area contributed by atoms with E-state index in [4.69, 9.17) is 14.5 Å². The molecule has 0 fully saturated rings. The summed E-state index contributed by atoms with van der Waals surface area (Å²) >= 11 is 0. The number of hydrogen-bond donors (Lipinski definition) is 2. The van der Waals surface area contributed by atoms with Crippen molar-refractivity contribution in [3.8, 4) is 5.75 Å². The summed E-state index contributed by atoms with van der Waals surface area (Å²) in [7, 11) is 0. The fourth-order valence-electron chi connectivity index (χ4n) is 3.60. The summed E-state index contributed by atoms with van der Waals surface area (Å²) in [5, 5.41) is 13.1. The van der Waals surface area contributed by atoms with Crippen LogP contribution in [0.15, 0.2) is 30.3 Å². The number of aliphatic hydroxyl groups is 1. The van der Waals surface area contributed by atoms with Crippen molar-refractivity contribution < 1.29 is 14.6 Å². The average Bonchev–Trinajstić information content (AvgIpc) is 3.16. The first-order valence-corrected chi connectivity index (χ1v) is 10.6. The van der Waals surface area contributed by atoms with Gasteiger partial charge in [0.1, 0.15) is 5.75 Å². The Balaban J connectivity index is 1.51. The summed E-state index contributed by atoms with van der Waals surface area (Å²) in [5.41, 5.74) is 5.08. The third kappa shape index (κ3) is 6.53. The molecule has 0 unspecified atom stereocenters. The van der Waals surface area contributed by atoms with Gasteiger partial charge in [-0.25, -0.2) is 0 Å². The number of rotatable bonds is 11. The number of fused-ring (bicyclic) bond motifs is 1. The minimum absolute atomic E-state index is 0.601. The molecule has 2 N–H and O–H groups in total. The molecule has 2 heterocycles. The van der Waals surface area contributed by atoms with Crippen molar-refractivity contribution in [2.24, 2.45) is 0 Å². The second-order valence-corrected chi connectivity index (χ2v) is 8.45. The molecule has 0 saturated carbocycles. The molecule has 2 aromatic rings. The van der Waals surface area contributed by atoms with Crippen LogP contribution in [-0.2, 0) is 24.4 Å². The Hall–Kier alpha value is -1.95. The van der Waals surface area contributed by atoms with Gasteiger partial charge in [0.15, 0.2) is 0 Å². The third-order valence-electron chi connectivity index (χ3n) is 5.23. The van der Waals surface area contributed by atoms with E-state index in [0.29, 0.717) is 19.8 Å². The van der Waals surface area contributed by atoms with Crippen LogP contribution >= 0.6 is 0 Å². The van der Waals surface area contributed by atoms with Crippen LogP contribution in [0.4, 0.5) is 0 Å². The highest BCUT2D eigenvalue weighted by molar-refractivity contribution is 5.47. The van der Waals surface area contributed by atoms with Gasteiger partial charge in [-0.15, -0.1) is 0 Å². The number of hydrogen-bond acceptors (Lipinski definition) is 5. The Morgan fingerprint density at radius 2 is 1.86 bits per heavy atom. The van der Waals surface area contributed by atoms with Gasteiger partial charge in [-0.05, 0) is 58.7 Å². The lowest BCUT2D eigenvalue weighted by Crippen LogP contribution is -2.27. The first kappa shape index (κ1) is 21.8. The van der Waals surface area contributed by atoms with Crippen LogP contribution < -0.4 is 10.1 Å². The van der Waals surface area contributed by atoms with Crippen molar-refractivity contribution in [1.82, 2.24) is 10.3 Å². The normalized spacial score (nSPS) is 13.5. The zero-order valence-electron chi connectivity index (χ0n) is 18.0. The fourth-order valence-corrected chi connectivity index (χ4v) is 3.60. The van der Waals surface area contributed by atoms with Gasteiger partial charge in [0.25, 0.3) is 0 Å². The summed E-state index contributed by atoms with van der Waals surface area (Å²) in [6, 6.07) is 10.4. The van der Waals surface area contributed by atoms with E-state index in [9.17, 15) is 5.11 Å². The van der Waals surface area contributed by atoms with Crippen molar-refractivity contribution in [3.05, 3.63) is 58.4 Å². The lowest BCUT2D eigenvalue weighted by molar-refractivity contribution is 0.0712. The Morgan fingerprint density at radius 1 is 1.10 bits per heavy atom. The molecular formula is C24H34N2O3. The van der Waals surface area contributed by atoms with Gasteiger partial charge in [-0.1, -0.05) is 30.3 Å². The largest absolute Gasteiger partial charge is 0.491 e. The number of nitrogens with one attached hydrogen (secondary N) is 1. The number of pyridine rings is 1. The molecule has 1 aromatic heterocycles. The Labute approximate surface area is 174 Å². The van der Waals surface area contributed by atoms with Gasteiger partial charge in [0.2, 0.25) is 0 Å². The molecule has 0 aliphatic carbocycles. The molecule has 5 nitrogen and oxygen atoms in total. The topological polar surface area (TPSA) is 63.6 Å². The van der Waals surface area contributed by atoms with E-state index < -0.39 is 5.60 Å². The highest BCUT2D eigenvalue weighted by Crippen LogP contribution is 2.34. The van der Waals surface area contributed by atoms with Gasteiger partial charge in [-0.3, -0.25) is 4.98 Å². The summed E-state index contributed by atoms with van der Waals surface area (Å²) in [6.45, 7) is 9.38. The zero-order valence-corrected chi connectivity index (χ0v) is 18.0. The quantitative estimate of drug-likeness (QED) is 0.562. The molecular weight excluding hydrogens is 364 g/mol. The number of aryl methyl sites for hydroxylation is 1. The van der Waals surface area contributed by atoms with E-state index in [-0.39, 0.29) is 0 Å². The van der Waals surface area contributed by atoms with Crippen LogP contribution in [0, 0.1) is 6.92 Å². The van der Waals surface area contributed by atoms with Crippen LogP contribution in [0.25, 0.3) is 0 Å². The molecule has 0 amide bonds. The van der Waals surface area contributed by atoms with Crippen molar-refractivity contribution in [3.63, 3.8) is 0 Å².